The third-order valence-electron chi connectivity index (χ3n) is 2.12. The van der Waals surface area contributed by atoms with Crippen molar-refractivity contribution in [3.63, 3.8) is 0 Å². The first-order valence-corrected chi connectivity index (χ1v) is 4.98. The SMILES string of the molecule is C#CCC(NN)C(OCC)C(C)(C)C. The van der Waals surface area contributed by atoms with Gasteiger partial charge < -0.3 is 4.74 Å². The van der Waals surface area contributed by atoms with E-state index < -0.39 is 0 Å². The van der Waals surface area contributed by atoms with Gasteiger partial charge in [0.25, 0.3) is 0 Å². The molecule has 0 heterocycles. The van der Waals surface area contributed by atoms with Crippen molar-refractivity contribution in [2.45, 2.75) is 46.3 Å². The van der Waals surface area contributed by atoms with E-state index in [1.54, 1.807) is 0 Å². The minimum absolute atomic E-state index is 0.0138. The lowest BCUT2D eigenvalue weighted by molar-refractivity contribution is -0.0346. The van der Waals surface area contributed by atoms with E-state index in [1.165, 1.54) is 0 Å². The molecule has 0 bridgehead atoms. The molecule has 3 N–H and O–H groups in total. The smallest absolute Gasteiger partial charge is 0.0798 e. The zero-order valence-corrected chi connectivity index (χ0v) is 9.63. The van der Waals surface area contributed by atoms with Crippen LogP contribution < -0.4 is 11.3 Å². The first-order chi connectivity index (χ1) is 6.47. The molecule has 0 fully saturated rings. The molecule has 0 saturated carbocycles. The molecular formula is C11H22N2O. The number of nitrogens with one attached hydrogen (secondary N) is 1. The maximum atomic E-state index is 5.67. The van der Waals surface area contributed by atoms with E-state index in [9.17, 15) is 0 Å². The maximum Gasteiger partial charge on any atom is 0.0798 e. The van der Waals surface area contributed by atoms with Gasteiger partial charge in [0.15, 0.2) is 0 Å². The molecule has 0 aliphatic carbocycles. The zero-order chi connectivity index (χ0) is 11.2. The second kappa shape index (κ2) is 6.02. The summed E-state index contributed by atoms with van der Waals surface area (Å²) in [6.07, 6.45) is 5.90. The molecule has 0 amide bonds. The van der Waals surface area contributed by atoms with Crippen LogP contribution in [-0.2, 0) is 4.74 Å². The molecule has 14 heavy (non-hydrogen) atoms. The minimum Gasteiger partial charge on any atom is -0.376 e. The van der Waals surface area contributed by atoms with Crippen molar-refractivity contribution < 1.29 is 4.74 Å². The van der Waals surface area contributed by atoms with Gasteiger partial charge in [0.2, 0.25) is 0 Å². The lowest BCUT2D eigenvalue weighted by Gasteiger charge is -2.35. The van der Waals surface area contributed by atoms with Crippen LogP contribution in [0.1, 0.15) is 34.1 Å². The quantitative estimate of drug-likeness (QED) is 0.397. The van der Waals surface area contributed by atoms with Crippen LogP contribution in [0.4, 0.5) is 0 Å². The summed E-state index contributed by atoms with van der Waals surface area (Å²) in [4.78, 5) is 0. The molecular weight excluding hydrogens is 176 g/mol. The molecule has 0 aliphatic heterocycles. The van der Waals surface area contributed by atoms with Crippen LogP contribution in [-0.4, -0.2) is 18.8 Å². The highest BCUT2D eigenvalue weighted by molar-refractivity contribution is 4.95. The first kappa shape index (κ1) is 13.4. The summed E-state index contributed by atoms with van der Waals surface area (Å²) in [5.74, 6) is 8.07. The molecule has 0 aromatic carbocycles. The Hall–Kier alpha value is -0.560. The van der Waals surface area contributed by atoms with Crippen LogP contribution in [0.25, 0.3) is 0 Å². The van der Waals surface area contributed by atoms with Gasteiger partial charge in [-0.25, -0.2) is 0 Å². The molecule has 2 unspecified atom stereocenters. The predicted octanol–water partition coefficient (Wildman–Crippen LogP) is 1.29. The van der Waals surface area contributed by atoms with Crippen LogP contribution in [0.2, 0.25) is 0 Å². The van der Waals surface area contributed by atoms with E-state index in [-0.39, 0.29) is 17.6 Å². The van der Waals surface area contributed by atoms with Gasteiger partial charge in [0.05, 0.1) is 12.1 Å². The molecule has 0 aliphatic rings. The van der Waals surface area contributed by atoms with E-state index in [0.717, 1.165) is 0 Å². The van der Waals surface area contributed by atoms with Crippen LogP contribution in [0.15, 0.2) is 0 Å². The maximum absolute atomic E-state index is 5.67. The predicted molar refractivity (Wildman–Crippen MR) is 59.4 cm³/mol. The lowest BCUT2D eigenvalue weighted by atomic mass is 9.83. The van der Waals surface area contributed by atoms with Crippen molar-refractivity contribution in [2.24, 2.45) is 11.3 Å². The van der Waals surface area contributed by atoms with E-state index in [2.05, 4.69) is 32.1 Å². The highest BCUT2D eigenvalue weighted by atomic mass is 16.5. The summed E-state index contributed by atoms with van der Waals surface area (Å²) in [6.45, 7) is 9.00. The van der Waals surface area contributed by atoms with Crippen LogP contribution in [0.5, 0.6) is 0 Å². The Labute approximate surface area is 87.4 Å². The molecule has 0 spiro atoms. The third kappa shape index (κ3) is 4.10. The number of rotatable bonds is 5. The normalized spacial score (nSPS) is 16.0. The molecule has 0 radical (unpaired) electrons. The minimum atomic E-state index is 0.0138. The Kier molecular flexibility index (Phi) is 5.78. The Bertz CT molecular complexity index is 190. The molecule has 2 atom stereocenters. The average molecular weight is 198 g/mol. The first-order valence-electron chi connectivity index (χ1n) is 4.98. The van der Waals surface area contributed by atoms with Gasteiger partial charge in [-0.05, 0) is 12.3 Å². The molecule has 82 valence electrons. The largest absolute Gasteiger partial charge is 0.376 e. The van der Waals surface area contributed by atoms with E-state index in [4.69, 9.17) is 17.0 Å². The number of hydrogen-bond acceptors (Lipinski definition) is 3. The van der Waals surface area contributed by atoms with Crippen LogP contribution in [0.3, 0.4) is 0 Å². The van der Waals surface area contributed by atoms with Gasteiger partial charge in [-0.2, -0.15) is 0 Å². The average Bonchev–Trinajstić information content (AvgIpc) is 2.09. The fraction of sp³-hybridized carbons (Fsp3) is 0.818. The highest BCUT2D eigenvalue weighted by Crippen LogP contribution is 2.25. The Morgan fingerprint density at radius 3 is 2.36 bits per heavy atom. The molecule has 3 nitrogen and oxygen atoms in total. The monoisotopic (exact) mass is 198 g/mol. The fourth-order valence-electron chi connectivity index (χ4n) is 1.53. The number of terminal acetylenes is 1. The fourth-order valence-corrected chi connectivity index (χ4v) is 1.53. The molecule has 0 saturated heterocycles. The number of nitrogens with two attached hydrogens (primary N) is 1. The lowest BCUT2D eigenvalue weighted by Crippen LogP contribution is -2.50. The summed E-state index contributed by atoms with van der Waals surface area (Å²) in [6, 6.07) is 0.0138. The van der Waals surface area contributed by atoms with Crippen molar-refractivity contribution in [3.05, 3.63) is 0 Å². The van der Waals surface area contributed by atoms with E-state index >= 15 is 0 Å². The summed E-state index contributed by atoms with van der Waals surface area (Å²) < 4.78 is 5.67. The topological polar surface area (TPSA) is 47.3 Å². The second-order valence-corrected chi connectivity index (χ2v) is 4.42. The molecule has 0 aromatic rings. The standard InChI is InChI=1S/C11H22N2O/c1-6-8-9(13-12)10(14-7-2)11(3,4)5/h1,9-10,13H,7-8,12H2,2-5H3. The third-order valence-corrected chi connectivity index (χ3v) is 2.12. The Morgan fingerprint density at radius 2 is 2.07 bits per heavy atom. The summed E-state index contributed by atoms with van der Waals surface area (Å²) in [5.41, 5.74) is 2.76. The van der Waals surface area contributed by atoms with Crippen molar-refractivity contribution in [1.82, 2.24) is 5.43 Å². The summed E-state index contributed by atoms with van der Waals surface area (Å²) in [7, 11) is 0. The molecule has 0 aromatic heterocycles. The highest BCUT2D eigenvalue weighted by Gasteiger charge is 2.31. The van der Waals surface area contributed by atoms with Gasteiger partial charge in [-0.3, -0.25) is 11.3 Å². The van der Waals surface area contributed by atoms with Crippen molar-refractivity contribution in [2.75, 3.05) is 6.61 Å². The molecule has 3 heteroatoms. The Balaban J connectivity index is 4.53. The summed E-state index contributed by atoms with van der Waals surface area (Å²) >= 11 is 0. The van der Waals surface area contributed by atoms with Gasteiger partial charge in [0, 0.05) is 13.0 Å². The van der Waals surface area contributed by atoms with Crippen molar-refractivity contribution >= 4 is 0 Å². The number of hydrogen-bond donors (Lipinski definition) is 2. The second-order valence-electron chi connectivity index (χ2n) is 4.42. The number of ether oxygens (including phenoxy) is 1. The summed E-state index contributed by atoms with van der Waals surface area (Å²) in [5, 5.41) is 0. The van der Waals surface area contributed by atoms with Gasteiger partial charge in [-0.1, -0.05) is 20.8 Å². The number of hydrazine groups is 1. The molecule has 0 rings (SSSR count). The van der Waals surface area contributed by atoms with E-state index in [0.29, 0.717) is 13.0 Å². The zero-order valence-electron chi connectivity index (χ0n) is 9.63. The van der Waals surface area contributed by atoms with Gasteiger partial charge in [0.1, 0.15) is 0 Å². The van der Waals surface area contributed by atoms with Crippen molar-refractivity contribution in [3.8, 4) is 12.3 Å². The van der Waals surface area contributed by atoms with Gasteiger partial charge in [-0.15, -0.1) is 12.3 Å². The van der Waals surface area contributed by atoms with Crippen LogP contribution in [0, 0.1) is 17.8 Å². The Morgan fingerprint density at radius 1 is 1.50 bits per heavy atom. The van der Waals surface area contributed by atoms with Gasteiger partial charge >= 0.3 is 0 Å². The van der Waals surface area contributed by atoms with E-state index in [1.807, 2.05) is 6.92 Å². The van der Waals surface area contributed by atoms with Crippen LogP contribution >= 0.6 is 0 Å². The van der Waals surface area contributed by atoms with Crippen molar-refractivity contribution in [1.29, 1.82) is 0 Å².